The molecule has 0 spiro atoms. The maximum Gasteiger partial charge on any atom is 0.152 e. The average Bonchev–Trinajstić information content (AvgIpc) is 1.78. The van der Waals surface area contributed by atoms with Crippen LogP contribution in [0.2, 0.25) is 0 Å². The van der Waals surface area contributed by atoms with Gasteiger partial charge in [-0.3, -0.25) is 5.73 Å². The van der Waals surface area contributed by atoms with Crippen molar-refractivity contribution in [3.8, 4) is 0 Å². The summed E-state index contributed by atoms with van der Waals surface area (Å²) in [7, 11) is -6.73. The Labute approximate surface area is 72.8 Å². The van der Waals surface area contributed by atoms with Gasteiger partial charge in [-0.1, -0.05) is 0 Å². The van der Waals surface area contributed by atoms with E-state index < -0.39 is 37.2 Å². The summed E-state index contributed by atoms with van der Waals surface area (Å²) in [5.41, 5.74) is 6.85. The van der Waals surface area contributed by atoms with Crippen LogP contribution in [0.4, 0.5) is 0 Å². The number of nitrogens with one attached hydrogen (secondary N) is 1. The molecular weight excluding hydrogens is 202 g/mol. The van der Waals surface area contributed by atoms with E-state index in [0.717, 1.165) is 12.5 Å². The molecule has 0 rings (SSSR count). The number of hydrogen-bond donors (Lipinski definition) is 0. The Morgan fingerprint density at radius 2 is 1.58 bits per heavy atom. The Hall–Kier alpha value is -0.140. The first-order valence-electron chi connectivity index (χ1n) is 3.18. The van der Waals surface area contributed by atoms with E-state index in [4.69, 9.17) is 5.73 Å². The molecule has 1 N–H and O–H groups in total. The van der Waals surface area contributed by atoms with Crippen molar-refractivity contribution in [2.75, 3.05) is 24.8 Å². The lowest BCUT2D eigenvalue weighted by molar-refractivity contribution is 0.579. The molecule has 1 radical (unpaired) electrons. The number of sulfone groups is 2. The molecule has 0 bridgehead atoms. The summed E-state index contributed by atoms with van der Waals surface area (Å²) in [4.78, 5) is 0. The van der Waals surface area contributed by atoms with E-state index in [1.165, 1.54) is 0 Å². The Bertz CT molecular complexity index is 328. The summed E-state index contributed by atoms with van der Waals surface area (Å²) in [5.74, 6) is -0.463. The van der Waals surface area contributed by atoms with Crippen molar-refractivity contribution in [3.63, 3.8) is 0 Å². The van der Waals surface area contributed by atoms with Crippen molar-refractivity contribution in [2.45, 2.75) is 5.25 Å². The minimum Gasteiger partial charge on any atom is -0.256 e. The van der Waals surface area contributed by atoms with Gasteiger partial charge in [-0.2, -0.15) is 0 Å². The Kier molecular flexibility index (Phi) is 3.67. The van der Waals surface area contributed by atoms with Crippen LogP contribution in [0.25, 0.3) is 0 Å². The van der Waals surface area contributed by atoms with Gasteiger partial charge in [0.05, 0.1) is 11.0 Å². The maximum absolute atomic E-state index is 10.9. The molecule has 0 aromatic carbocycles. The van der Waals surface area contributed by atoms with Gasteiger partial charge >= 0.3 is 0 Å². The number of hydrogen-bond acceptors (Lipinski definition) is 4. The quantitative estimate of drug-likeness (QED) is 0.583. The van der Waals surface area contributed by atoms with E-state index in [9.17, 15) is 16.8 Å². The third-order valence-corrected chi connectivity index (χ3v) is 4.09. The van der Waals surface area contributed by atoms with Crippen molar-refractivity contribution >= 4 is 19.7 Å². The van der Waals surface area contributed by atoms with Crippen LogP contribution < -0.4 is 5.73 Å². The largest absolute Gasteiger partial charge is 0.256 e. The first kappa shape index (κ1) is 11.9. The van der Waals surface area contributed by atoms with Gasteiger partial charge < -0.3 is 0 Å². The maximum atomic E-state index is 10.9. The third kappa shape index (κ3) is 4.68. The number of rotatable bonds is 4. The molecule has 0 aliphatic heterocycles. The standard InChI is InChI=1S/C5H12NO4S2/c1-11(7,8)4-5(3-6)12(2,9)10/h5-6H,3-4H2,1-2H3. The topological polar surface area (TPSA) is 92.1 Å². The zero-order chi connectivity index (χ0) is 9.99. The summed E-state index contributed by atoms with van der Waals surface area (Å²) < 4.78 is 43.1. The molecule has 0 fully saturated rings. The predicted molar refractivity (Wildman–Crippen MR) is 46.3 cm³/mol. The van der Waals surface area contributed by atoms with Crippen molar-refractivity contribution in [2.24, 2.45) is 0 Å². The van der Waals surface area contributed by atoms with Gasteiger partial charge in [0.15, 0.2) is 9.84 Å². The molecule has 0 saturated carbocycles. The van der Waals surface area contributed by atoms with Gasteiger partial charge in [0.2, 0.25) is 0 Å². The Morgan fingerprint density at radius 1 is 1.17 bits per heavy atom. The van der Waals surface area contributed by atoms with Gasteiger partial charge in [0, 0.05) is 19.1 Å². The molecule has 1 atom stereocenters. The smallest absolute Gasteiger partial charge is 0.152 e. The highest BCUT2D eigenvalue weighted by Gasteiger charge is 2.23. The summed E-state index contributed by atoms with van der Waals surface area (Å²) in [5, 5.41) is -1.09. The van der Waals surface area contributed by atoms with Crippen LogP contribution >= 0.6 is 0 Å². The van der Waals surface area contributed by atoms with Crippen LogP contribution in [0.5, 0.6) is 0 Å². The van der Waals surface area contributed by atoms with Gasteiger partial charge in [0.1, 0.15) is 9.84 Å². The zero-order valence-electron chi connectivity index (χ0n) is 6.94. The average molecular weight is 214 g/mol. The normalized spacial score (nSPS) is 15.9. The fourth-order valence-corrected chi connectivity index (χ4v) is 3.50. The van der Waals surface area contributed by atoms with Crippen LogP contribution in [0.15, 0.2) is 0 Å². The molecule has 0 aliphatic rings. The molecule has 0 aromatic heterocycles. The Balaban J connectivity index is 4.64. The first-order chi connectivity index (χ1) is 5.17. The van der Waals surface area contributed by atoms with E-state index in [2.05, 4.69) is 0 Å². The highest BCUT2D eigenvalue weighted by atomic mass is 32.2. The molecule has 73 valence electrons. The predicted octanol–water partition coefficient (Wildman–Crippen LogP) is -1.27. The second-order valence-electron chi connectivity index (χ2n) is 2.75. The molecule has 0 aliphatic carbocycles. The highest BCUT2D eigenvalue weighted by Crippen LogP contribution is 2.01. The summed E-state index contributed by atoms with van der Waals surface area (Å²) >= 11 is 0. The minimum atomic E-state index is -3.41. The molecule has 0 saturated heterocycles. The Morgan fingerprint density at radius 3 is 1.67 bits per heavy atom. The zero-order valence-corrected chi connectivity index (χ0v) is 8.57. The second kappa shape index (κ2) is 3.71. The van der Waals surface area contributed by atoms with E-state index >= 15 is 0 Å². The van der Waals surface area contributed by atoms with E-state index in [0.29, 0.717) is 0 Å². The molecular formula is C5H12NO4S2. The van der Waals surface area contributed by atoms with Crippen LogP contribution in [-0.2, 0) is 19.7 Å². The molecule has 12 heavy (non-hydrogen) atoms. The SMILES string of the molecule is CS(=O)(=O)CC(C[NH])S(C)(=O)=O. The lowest BCUT2D eigenvalue weighted by Crippen LogP contribution is -2.32. The van der Waals surface area contributed by atoms with E-state index in [1.807, 2.05) is 0 Å². The van der Waals surface area contributed by atoms with Crippen molar-refractivity contribution in [1.29, 1.82) is 0 Å². The first-order valence-corrected chi connectivity index (χ1v) is 7.19. The third-order valence-electron chi connectivity index (χ3n) is 1.32. The molecule has 5 nitrogen and oxygen atoms in total. The summed E-state index contributed by atoms with van der Waals surface area (Å²) in [6.45, 7) is -0.411. The van der Waals surface area contributed by atoms with Gasteiger partial charge in [-0.05, 0) is 0 Å². The van der Waals surface area contributed by atoms with Crippen LogP contribution in [0.3, 0.4) is 0 Å². The van der Waals surface area contributed by atoms with Crippen LogP contribution in [0.1, 0.15) is 0 Å². The minimum absolute atomic E-state index is 0.411. The fraction of sp³-hybridized carbons (Fsp3) is 1.00. The molecule has 1 unspecified atom stereocenters. The van der Waals surface area contributed by atoms with Crippen molar-refractivity contribution in [3.05, 3.63) is 0 Å². The van der Waals surface area contributed by atoms with Gasteiger partial charge in [-0.15, -0.1) is 0 Å². The van der Waals surface area contributed by atoms with Crippen LogP contribution in [0, 0.1) is 0 Å². The lowest BCUT2D eigenvalue weighted by Gasteiger charge is -2.09. The molecule has 0 heterocycles. The second-order valence-corrected chi connectivity index (χ2v) is 7.26. The molecule has 7 heteroatoms. The monoisotopic (exact) mass is 214 g/mol. The van der Waals surface area contributed by atoms with Gasteiger partial charge in [-0.25, -0.2) is 16.8 Å². The molecule has 0 amide bonds. The summed E-state index contributed by atoms with van der Waals surface area (Å²) in [6, 6.07) is 0. The van der Waals surface area contributed by atoms with Gasteiger partial charge in [0.25, 0.3) is 0 Å². The fourth-order valence-electron chi connectivity index (χ4n) is 0.672. The van der Waals surface area contributed by atoms with Crippen molar-refractivity contribution < 1.29 is 16.8 Å². The van der Waals surface area contributed by atoms with E-state index in [1.54, 1.807) is 0 Å². The van der Waals surface area contributed by atoms with Crippen LogP contribution in [-0.4, -0.2) is 46.9 Å². The highest BCUT2D eigenvalue weighted by molar-refractivity contribution is 7.94. The van der Waals surface area contributed by atoms with E-state index in [-0.39, 0.29) is 0 Å². The molecule has 0 aromatic rings. The van der Waals surface area contributed by atoms with Crippen molar-refractivity contribution in [1.82, 2.24) is 5.73 Å². The lowest BCUT2D eigenvalue weighted by atomic mass is 10.5. The summed E-state index contributed by atoms with van der Waals surface area (Å²) in [6.07, 6.45) is 1.90.